The number of benzene rings is 1. The second kappa shape index (κ2) is 6.38. The van der Waals surface area contributed by atoms with Crippen LogP contribution in [0.1, 0.15) is 38.5 Å². The largest absolute Gasteiger partial charge is 0.355 e. The van der Waals surface area contributed by atoms with Crippen molar-refractivity contribution in [2.45, 2.75) is 38.5 Å². The summed E-state index contributed by atoms with van der Waals surface area (Å²) in [6.07, 6.45) is 6.87. The molecule has 1 aromatic carbocycles. The number of likely N-dealkylation sites (N-methyl/N-ethyl adjacent to an activating group) is 1. The van der Waals surface area contributed by atoms with Crippen molar-refractivity contribution in [3.05, 3.63) is 24.3 Å². The highest BCUT2D eigenvalue weighted by molar-refractivity contribution is 5.97. The van der Waals surface area contributed by atoms with Gasteiger partial charge in [0.1, 0.15) is 0 Å². The normalized spacial score (nSPS) is 18.2. The van der Waals surface area contributed by atoms with Crippen LogP contribution in [-0.4, -0.2) is 36.0 Å². The Hall–Kier alpha value is -2.17. The summed E-state index contributed by atoms with van der Waals surface area (Å²) >= 11 is 0. The molecule has 0 bridgehead atoms. The van der Waals surface area contributed by atoms with Crippen LogP contribution in [0.3, 0.4) is 0 Å². The number of carbonyl (C=O) groups is 1. The Bertz CT molecular complexity index is 754. The Kier molecular flexibility index (Phi) is 4.08. The highest BCUT2D eigenvalue weighted by Crippen LogP contribution is 2.32. The molecule has 1 aromatic heterocycles. The lowest BCUT2D eigenvalue weighted by atomic mass is 10.0. The third-order valence-corrected chi connectivity index (χ3v) is 5.35. The molecule has 0 radical (unpaired) electrons. The van der Waals surface area contributed by atoms with Gasteiger partial charge in [0.2, 0.25) is 5.91 Å². The lowest BCUT2D eigenvalue weighted by Crippen LogP contribution is -2.43. The van der Waals surface area contributed by atoms with Crippen LogP contribution in [-0.2, 0) is 4.79 Å². The van der Waals surface area contributed by atoms with Gasteiger partial charge in [-0.3, -0.25) is 9.69 Å². The summed E-state index contributed by atoms with van der Waals surface area (Å²) in [5, 5.41) is 0. The van der Waals surface area contributed by atoms with Gasteiger partial charge >= 0.3 is 0 Å². The molecule has 1 saturated carbocycles. The van der Waals surface area contributed by atoms with Crippen molar-refractivity contribution in [3.8, 4) is 0 Å². The zero-order valence-corrected chi connectivity index (χ0v) is 14.2. The fourth-order valence-corrected chi connectivity index (χ4v) is 3.88. The molecule has 1 aliphatic heterocycles. The summed E-state index contributed by atoms with van der Waals surface area (Å²) in [7, 11) is 2.02. The van der Waals surface area contributed by atoms with Crippen LogP contribution in [0.25, 0.3) is 11.0 Å². The number of anilines is 2. The summed E-state index contributed by atoms with van der Waals surface area (Å²) in [6.45, 7) is 1.50. The van der Waals surface area contributed by atoms with Crippen LogP contribution in [0.4, 0.5) is 11.6 Å². The van der Waals surface area contributed by atoms with E-state index in [0.29, 0.717) is 13.0 Å². The van der Waals surface area contributed by atoms with Gasteiger partial charge in [-0.2, -0.15) is 0 Å². The van der Waals surface area contributed by atoms with Gasteiger partial charge in [0.15, 0.2) is 11.6 Å². The van der Waals surface area contributed by atoms with E-state index in [0.717, 1.165) is 41.6 Å². The molecule has 1 aliphatic carbocycles. The summed E-state index contributed by atoms with van der Waals surface area (Å²) < 4.78 is 0. The predicted molar refractivity (Wildman–Crippen MR) is 96.4 cm³/mol. The van der Waals surface area contributed by atoms with Crippen LogP contribution < -0.4 is 9.80 Å². The molecule has 5 nitrogen and oxygen atoms in total. The van der Waals surface area contributed by atoms with E-state index in [4.69, 9.17) is 9.97 Å². The molecule has 5 heteroatoms. The maximum Gasteiger partial charge on any atom is 0.228 e. The van der Waals surface area contributed by atoms with Crippen molar-refractivity contribution in [1.82, 2.24) is 9.97 Å². The van der Waals surface area contributed by atoms with Crippen molar-refractivity contribution in [2.75, 3.05) is 29.9 Å². The highest BCUT2D eigenvalue weighted by atomic mass is 16.2. The number of para-hydroxylation sites is 2. The Labute approximate surface area is 142 Å². The predicted octanol–water partition coefficient (Wildman–Crippen LogP) is 3.38. The molecule has 0 spiro atoms. The van der Waals surface area contributed by atoms with E-state index in [-0.39, 0.29) is 5.91 Å². The second-order valence-corrected chi connectivity index (χ2v) is 7.02. The van der Waals surface area contributed by atoms with Gasteiger partial charge in [-0.25, -0.2) is 9.97 Å². The number of fused-ring (bicyclic) bond motifs is 2. The minimum Gasteiger partial charge on any atom is -0.355 e. The molecule has 2 heterocycles. The van der Waals surface area contributed by atoms with Crippen molar-refractivity contribution in [1.29, 1.82) is 0 Å². The zero-order valence-electron chi connectivity index (χ0n) is 14.2. The third kappa shape index (κ3) is 2.83. The third-order valence-electron chi connectivity index (χ3n) is 5.35. The van der Waals surface area contributed by atoms with E-state index < -0.39 is 0 Å². The number of hydrogen-bond donors (Lipinski definition) is 0. The van der Waals surface area contributed by atoms with Crippen LogP contribution >= 0.6 is 0 Å². The van der Waals surface area contributed by atoms with E-state index in [1.54, 1.807) is 0 Å². The van der Waals surface area contributed by atoms with Gasteiger partial charge in [-0.15, -0.1) is 0 Å². The SMILES string of the molecule is CN1CCN(C(=O)CCC2CCCC2)c2nc3ccccc3nc21. The first-order valence-electron chi connectivity index (χ1n) is 9.00. The average molecular weight is 324 g/mol. The van der Waals surface area contributed by atoms with E-state index in [2.05, 4.69) is 4.90 Å². The molecule has 0 atom stereocenters. The Balaban J connectivity index is 1.60. The van der Waals surface area contributed by atoms with Gasteiger partial charge in [-0.05, 0) is 24.5 Å². The van der Waals surface area contributed by atoms with Crippen molar-refractivity contribution in [2.24, 2.45) is 5.92 Å². The number of carbonyl (C=O) groups excluding carboxylic acids is 1. The number of hydrogen-bond acceptors (Lipinski definition) is 4. The number of nitrogens with zero attached hydrogens (tertiary/aromatic N) is 4. The zero-order chi connectivity index (χ0) is 16.5. The van der Waals surface area contributed by atoms with Gasteiger partial charge in [0.25, 0.3) is 0 Å². The van der Waals surface area contributed by atoms with E-state index in [1.807, 2.05) is 36.2 Å². The van der Waals surface area contributed by atoms with Crippen molar-refractivity contribution < 1.29 is 4.79 Å². The summed E-state index contributed by atoms with van der Waals surface area (Å²) in [4.78, 5) is 26.2. The van der Waals surface area contributed by atoms with Gasteiger partial charge in [0.05, 0.1) is 11.0 Å². The maximum absolute atomic E-state index is 12.8. The summed E-state index contributed by atoms with van der Waals surface area (Å²) in [6, 6.07) is 7.86. The topological polar surface area (TPSA) is 49.3 Å². The van der Waals surface area contributed by atoms with Crippen LogP contribution in [0.2, 0.25) is 0 Å². The molecule has 0 saturated heterocycles. The van der Waals surface area contributed by atoms with E-state index in [1.165, 1.54) is 25.7 Å². The van der Waals surface area contributed by atoms with Crippen LogP contribution in [0.15, 0.2) is 24.3 Å². The molecule has 0 unspecified atom stereocenters. The highest BCUT2D eigenvalue weighted by Gasteiger charge is 2.29. The molecule has 126 valence electrons. The van der Waals surface area contributed by atoms with Crippen LogP contribution in [0, 0.1) is 5.92 Å². The molecular weight excluding hydrogens is 300 g/mol. The second-order valence-electron chi connectivity index (χ2n) is 7.02. The minimum atomic E-state index is 0.195. The Morgan fingerprint density at radius 1 is 1.08 bits per heavy atom. The van der Waals surface area contributed by atoms with Crippen molar-refractivity contribution in [3.63, 3.8) is 0 Å². The quantitative estimate of drug-likeness (QED) is 0.868. The smallest absolute Gasteiger partial charge is 0.228 e. The standard InChI is InChI=1S/C19H24N4O/c1-22-12-13-23(17(24)11-10-14-6-2-3-7-14)19-18(22)20-15-8-4-5-9-16(15)21-19/h4-5,8-9,14H,2-3,6-7,10-13H2,1H3. The van der Waals surface area contributed by atoms with Crippen molar-refractivity contribution >= 4 is 28.6 Å². The molecule has 2 aliphatic rings. The summed E-state index contributed by atoms with van der Waals surface area (Å²) in [5.74, 6) is 2.47. The fraction of sp³-hybridized carbons (Fsp3) is 0.526. The Morgan fingerprint density at radius 3 is 2.46 bits per heavy atom. The van der Waals surface area contributed by atoms with Crippen LogP contribution in [0.5, 0.6) is 0 Å². The molecule has 1 amide bonds. The lowest BCUT2D eigenvalue weighted by Gasteiger charge is -2.34. The fourth-order valence-electron chi connectivity index (χ4n) is 3.88. The average Bonchev–Trinajstić information content (AvgIpc) is 3.12. The Morgan fingerprint density at radius 2 is 1.75 bits per heavy atom. The van der Waals surface area contributed by atoms with Gasteiger partial charge in [-0.1, -0.05) is 37.8 Å². The molecule has 24 heavy (non-hydrogen) atoms. The lowest BCUT2D eigenvalue weighted by molar-refractivity contribution is -0.119. The number of aromatic nitrogens is 2. The van der Waals surface area contributed by atoms with E-state index in [9.17, 15) is 4.79 Å². The molecule has 1 fully saturated rings. The molecule has 4 rings (SSSR count). The first-order valence-corrected chi connectivity index (χ1v) is 9.00. The monoisotopic (exact) mass is 324 g/mol. The first kappa shape index (κ1) is 15.4. The van der Waals surface area contributed by atoms with Gasteiger partial charge < -0.3 is 4.90 Å². The van der Waals surface area contributed by atoms with Gasteiger partial charge in [0, 0.05) is 26.6 Å². The minimum absolute atomic E-state index is 0.195. The van der Waals surface area contributed by atoms with E-state index >= 15 is 0 Å². The first-order chi connectivity index (χ1) is 11.7. The molecule has 0 N–H and O–H groups in total. The molecule has 2 aromatic rings. The maximum atomic E-state index is 12.8. The summed E-state index contributed by atoms with van der Waals surface area (Å²) in [5.41, 5.74) is 1.73. The number of amides is 1. The number of rotatable bonds is 3. The molecular formula is C19H24N4O.